The Kier molecular flexibility index (Phi) is 3.29. The standard InChI is InChI=1S/C17H22N2S/c18-10-12-4-3-9-19(13-7-8-13)17(12)15-11-20-16-6-2-1-5-14(15)16/h1-2,5-6,11-13,17H,3-4,7-10,18H2. The Balaban J connectivity index is 1.78. The van der Waals surface area contributed by atoms with Crippen LogP contribution in [0.2, 0.25) is 0 Å². The Labute approximate surface area is 124 Å². The molecule has 106 valence electrons. The molecule has 20 heavy (non-hydrogen) atoms. The van der Waals surface area contributed by atoms with Crippen molar-refractivity contribution < 1.29 is 0 Å². The highest BCUT2D eigenvalue weighted by atomic mass is 32.1. The van der Waals surface area contributed by atoms with Crippen molar-refractivity contribution in [2.75, 3.05) is 13.1 Å². The Morgan fingerprint density at radius 2 is 2.05 bits per heavy atom. The van der Waals surface area contributed by atoms with Gasteiger partial charge in [-0.05, 0) is 67.1 Å². The fraction of sp³-hybridized carbons (Fsp3) is 0.529. The van der Waals surface area contributed by atoms with Crippen molar-refractivity contribution in [3.05, 3.63) is 35.2 Å². The Hall–Kier alpha value is -0.900. The summed E-state index contributed by atoms with van der Waals surface area (Å²) < 4.78 is 1.42. The van der Waals surface area contributed by atoms with Gasteiger partial charge in [0.25, 0.3) is 0 Å². The molecule has 3 heteroatoms. The highest BCUT2D eigenvalue weighted by Crippen LogP contribution is 2.45. The summed E-state index contributed by atoms with van der Waals surface area (Å²) in [6, 6.07) is 10.2. The molecule has 1 saturated carbocycles. The van der Waals surface area contributed by atoms with Crippen molar-refractivity contribution in [2.24, 2.45) is 11.7 Å². The molecule has 2 fully saturated rings. The maximum absolute atomic E-state index is 6.10. The molecule has 0 bridgehead atoms. The average molecular weight is 286 g/mol. The summed E-state index contributed by atoms with van der Waals surface area (Å²) in [6.45, 7) is 2.08. The van der Waals surface area contributed by atoms with Gasteiger partial charge in [0.05, 0.1) is 0 Å². The van der Waals surface area contributed by atoms with Crippen LogP contribution < -0.4 is 5.73 Å². The summed E-state index contributed by atoms with van der Waals surface area (Å²) >= 11 is 1.89. The van der Waals surface area contributed by atoms with Gasteiger partial charge in [0.2, 0.25) is 0 Å². The smallest absolute Gasteiger partial charge is 0.0405 e. The molecule has 1 aliphatic carbocycles. The van der Waals surface area contributed by atoms with Crippen LogP contribution in [0.4, 0.5) is 0 Å². The summed E-state index contributed by atoms with van der Waals surface area (Å²) in [5.74, 6) is 0.627. The van der Waals surface area contributed by atoms with Gasteiger partial charge in [0, 0.05) is 16.8 Å². The van der Waals surface area contributed by atoms with Crippen molar-refractivity contribution in [3.63, 3.8) is 0 Å². The van der Waals surface area contributed by atoms with Gasteiger partial charge < -0.3 is 5.73 Å². The Morgan fingerprint density at radius 1 is 1.20 bits per heavy atom. The molecule has 2 nitrogen and oxygen atoms in total. The van der Waals surface area contributed by atoms with E-state index in [4.69, 9.17) is 5.73 Å². The van der Waals surface area contributed by atoms with Gasteiger partial charge >= 0.3 is 0 Å². The predicted octanol–water partition coefficient (Wildman–Crippen LogP) is 3.78. The number of nitrogens with two attached hydrogens (primary N) is 1. The number of benzene rings is 1. The second-order valence-electron chi connectivity index (χ2n) is 6.24. The minimum atomic E-state index is 0.553. The molecule has 2 N–H and O–H groups in total. The fourth-order valence-electron chi connectivity index (χ4n) is 3.83. The number of rotatable bonds is 3. The lowest BCUT2D eigenvalue weighted by molar-refractivity contribution is 0.0892. The second kappa shape index (κ2) is 5.14. The number of fused-ring (bicyclic) bond motifs is 1. The number of hydrogen-bond acceptors (Lipinski definition) is 3. The highest BCUT2D eigenvalue weighted by Gasteiger charge is 2.40. The molecule has 2 aromatic rings. The van der Waals surface area contributed by atoms with Crippen LogP contribution in [0.3, 0.4) is 0 Å². The molecule has 1 aromatic heterocycles. The Bertz CT molecular complexity index is 602. The van der Waals surface area contributed by atoms with E-state index < -0.39 is 0 Å². The van der Waals surface area contributed by atoms with Gasteiger partial charge in [-0.15, -0.1) is 11.3 Å². The Morgan fingerprint density at radius 3 is 2.85 bits per heavy atom. The van der Waals surface area contributed by atoms with Gasteiger partial charge in [-0.3, -0.25) is 4.90 Å². The quantitative estimate of drug-likeness (QED) is 0.930. The number of nitrogens with zero attached hydrogens (tertiary/aromatic N) is 1. The normalized spacial score (nSPS) is 28.1. The molecule has 1 aromatic carbocycles. The van der Waals surface area contributed by atoms with Crippen LogP contribution in [0.15, 0.2) is 29.6 Å². The van der Waals surface area contributed by atoms with Crippen LogP contribution >= 0.6 is 11.3 Å². The van der Waals surface area contributed by atoms with E-state index in [0.717, 1.165) is 12.6 Å². The molecule has 1 aliphatic heterocycles. The van der Waals surface area contributed by atoms with E-state index in [2.05, 4.69) is 34.5 Å². The fourth-order valence-corrected chi connectivity index (χ4v) is 4.82. The van der Waals surface area contributed by atoms with Crippen molar-refractivity contribution in [1.82, 2.24) is 4.90 Å². The van der Waals surface area contributed by atoms with Crippen LogP contribution in [-0.4, -0.2) is 24.0 Å². The van der Waals surface area contributed by atoms with E-state index in [1.807, 2.05) is 11.3 Å². The number of hydrogen-bond donors (Lipinski definition) is 1. The molecular formula is C17H22N2S. The first-order chi connectivity index (χ1) is 9.88. The molecule has 4 rings (SSSR count). The van der Waals surface area contributed by atoms with Crippen LogP contribution in [0.5, 0.6) is 0 Å². The molecule has 2 heterocycles. The van der Waals surface area contributed by atoms with Crippen molar-refractivity contribution in [2.45, 2.75) is 37.8 Å². The monoisotopic (exact) mass is 286 g/mol. The highest BCUT2D eigenvalue weighted by molar-refractivity contribution is 7.17. The lowest BCUT2D eigenvalue weighted by Gasteiger charge is -2.41. The molecule has 0 amide bonds. The zero-order chi connectivity index (χ0) is 13.5. The number of likely N-dealkylation sites (tertiary alicyclic amines) is 1. The molecule has 0 spiro atoms. The average Bonchev–Trinajstić information content (AvgIpc) is 3.26. The summed E-state index contributed by atoms with van der Waals surface area (Å²) in [5, 5.41) is 3.84. The minimum Gasteiger partial charge on any atom is -0.330 e. The maximum Gasteiger partial charge on any atom is 0.0405 e. The van der Waals surface area contributed by atoms with Crippen molar-refractivity contribution >= 4 is 21.4 Å². The van der Waals surface area contributed by atoms with Gasteiger partial charge in [0.15, 0.2) is 0 Å². The zero-order valence-electron chi connectivity index (χ0n) is 11.8. The van der Waals surface area contributed by atoms with Gasteiger partial charge in [-0.25, -0.2) is 0 Å². The summed E-state index contributed by atoms with van der Waals surface area (Å²) in [4.78, 5) is 2.76. The molecule has 0 radical (unpaired) electrons. The van der Waals surface area contributed by atoms with E-state index >= 15 is 0 Å². The van der Waals surface area contributed by atoms with Crippen LogP contribution in [0.1, 0.15) is 37.3 Å². The lowest BCUT2D eigenvalue weighted by Crippen LogP contribution is -2.42. The first-order valence-corrected chi connectivity index (χ1v) is 8.68. The molecular weight excluding hydrogens is 264 g/mol. The van der Waals surface area contributed by atoms with Crippen LogP contribution in [-0.2, 0) is 0 Å². The van der Waals surface area contributed by atoms with E-state index in [1.165, 1.54) is 47.9 Å². The topological polar surface area (TPSA) is 29.3 Å². The van der Waals surface area contributed by atoms with E-state index in [9.17, 15) is 0 Å². The second-order valence-corrected chi connectivity index (χ2v) is 7.15. The lowest BCUT2D eigenvalue weighted by atomic mass is 9.84. The van der Waals surface area contributed by atoms with Crippen LogP contribution in [0, 0.1) is 5.92 Å². The van der Waals surface area contributed by atoms with Gasteiger partial charge in [0.1, 0.15) is 0 Å². The molecule has 2 unspecified atom stereocenters. The molecule has 2 aliphatic rings. The third-order valence-corrected chi connectivity index (χ3v) is 5.92. The predicted molar refractivity (Wildman–Crippen MR) is 86.1 cm³/mol. The zero-order valence-corrected chi connectivity index (χ0v) is 12.6. The minimum absolute atomic E-state index is 0.553. The van der Waals surface area contributed by atoms with E-state index in [1.54, 1.807) is 0 Å². The SMILES string of the molecule is NCC1CCCN(C2CC2)C1c1csc2ccccc12. The van der Waals surface area contributed by atoms with E-state index in [-0.39, 0.29) is 0 Å². The first kappa shape index (κ1) is 12.8. The van der Waals surface area contributed by atoms with Crippen molar-refractivity contribution in [1.29, 1.82) is 0 Å². The molecule has 1 saturated heterocycles. The number of thiophene rings is 1. The third-order valence-electron chi connectivity index (χ3n) is 4.94. The summed E-state index contributed by atoms with van der Waals surface area (Å²) in [6.07, 6.45) is 5.37. The third kappa shape index (κ3) is 2.09. The van der Waals surface area contributed by atoms with Crippen LogP contribution in [0.25, 0.3) is 10.1 Å². The largest absolute Gasteiger partial charge is 0.330 e. The maximum atomic E-state index is 6.10. The van der Waals surface area contributed by atoms with Gasteiger partial charge in [-0.2, -0.15) is 0 Å². The summed E-state index contributed by atoms with van der Waals surface area (Å²) in [5.41, 5.74) is 7.64. The summed E-state index contributed by atoms with van der Waals surface area (Å²) in [7, 11) is 0. The van der Waals surface area contributed by atoms with E-state index in [0.29, 0.717) is 12.0 Å². The molecule has 2 atom stereocenters. The van der Waals surface area contributed by atoms with Gasteiger partial charge in [-0.1, -0.05) is 18.2 Å². The first-order valence-electron chi connectivity index (χ1n) is 7.80. The van der Waals surface area contributed by atoms with Crippen molar-refractivity contribution in [3.8, 4) is 0 Å². The number of piperidine rings is 1.